The quantitative estimate of drug-likeness (QED) is 0.470. The molecule has 1 aliphatic rings. The van der Waals surface area contributed by atoms with E-state index >= 15 is 0 Å². The molecule has 1 aliphatic carbocycles. The van der Waals surface area contributed by atoms with E-state index < -0.39 is 0 Å². The van der Waals surface area contributed by atoms with Crippen LogP contribution in [0, 0.1) is 0 Å². The number of benzene rings is 2. The van der Waals surface area contributed by atoms with Gasteiger partial charge < -0.3 is 0 Å². The highest BCUT2D eigenvalue weighted by atomic mass is 14.2. The molecular formula is C20H24. The number of fused-ring (bicyclic) bond motifs is 2. The average Bonchev–Trinajstić information content (AvgIpc) is 2.49. The minimum Gasteiger partial charge on any atom is -0.0806 e. The highest BCUT2D eigenvalue weighted by Crippen LogP contribution is 2.28. The third-order valence-electron chi connectivity index (χ3n) is 4.45. The smallest absolute Gasteiger partial charge is 0.00639 e. The van der Waals surface area contributed by atoms with Crippen molar-refractivity contribution in [2.24, 2.45) is 0 Å². The molecule has 0 heteroatoms. The van der Waals surface area contributed by atoms with Crippen LogP contribution in [0.2, 0.25) is 0 Å². The summed E-state index contributed by atoms with van der Waals surface area (Å²) in [5, 5.41) is 2.77. The summed E-state index contributed by atoms with van der Waals surface area (Å²) in [7, 11) is 0. The lowest BCUT2D eigenvalue weighted by Crippen LogP contribution is -2.03. The highest BCUT2D eigenvalue weighted by molar-refractivity contribution is 5.84. The van der Waals surface area contributed by atoms with Gasteiger partial charge in [0, 0.05) is 0 Å². The Hall–Kier alpha value is -1.56. The lowest BCUT2D eigenvalue weighted by molar-refractivity contribution is 0.656. The Morgan fingerprint density at radius 1 is 0.900 bits per heavy atom. The lowest BCUT2D eigenvalue weighted by Gasteiger charge is -2.18. The maximum atomic E-state index is 2.48. The molecular weight excluding hydrogens is 240 g/mol. The van der Waals surface area contributed by atoms with Crippen molar-refractivity contribution in [3.8, 4) is 0 Å². The van der Waals surface area contributed by atoms with Crippen molar-refractivity contribution in [1.82, 2.24) is 0 Å². The zero-order valence-corrected chi connectivity index (χ0v) is 12.5. The summed E-state index contributed by atoms with van der Waals surface area (Å²) in [6, 6.07) is 13.5. The fourth-order valence-corrected chi connectivity index (χ4v) is 3.23. The Morgan fingerprint density at radius 2 is 1.65 bits per heavy atom. The predicted octanol–water partition coefficient (Wildman–Crippen LogP) is 5.84. The topological polar surface area (TPSA) is 0 Å². The van der Waals surface area contributed by atoms with Gasteiger partial charge in [0.05, 0.1) is 0 Å². The van der Waals surface area contributed by atoms with Gasteiger partial charge in [0.2, 0.25) is 0 Å². The first-order chi connectivity index (χ1) is 9.86. The van der Waals surface area contributed by atoms with Crippen LogP contribution in [0.4, 0.5) is 0 Å². The molecule has 3 rings (SSSR count). The van der Waals surface area contributed by atoms with E-state index in [9.17, 15) is 0 Å². The number of allylic oxidation sites excluding steroid dienone is 2. The van der Waals surface area contributed by atoms with Crippen LogP contribution in [-0.4, -0.2) is 0 Å². The Morgan fingerprint density at radius 3 is 2.40 bits per heavy atom. The van der Waals surface area contributed by atoms with Gasteiger partial charge in [0.15, 0.2) is 0 Å². The fraction of sp³-hybridized carbons (Fsp3) is 0.400. The van der Waals surface area contributed by atoms with Crippen LogP contribution >= 0.6 is 0 Å². The van der Waals surface area contributed by atoms with Crippen molar-refractivity contribution in [3.63, 3.8) is 0 Å². The summed E-state index contributed by atoms with van der Waals surface area (Å²) in [6.07, 6.45) is 11.5. The zero-order valence-electron chi connectivity index (χ0n) is 12.5. The summed E-state index contributed by atoms with van der Waals surface area (Å²) in [4.78, 5) is 0. The van der Waals surface area contributed by atoms with Gasteiger partial charge in [-0.05, 0) is 47.6 Å². The number of unbranched alkanes of at least 4 members (excludes halogenated alkanes) is 3. The molecule has 0 atom stereocenters. The number of hydrogen-bond donors (Lipinski definition) is 0. The Kier molecular flexibility index (Phi) is 4.20. The molecule has 0 bridgehead atoms. The van der Waals surface area contributed by atoms with Crippen LogP contribution in [0.5, 0.6) is 0 Å². The van der Waals surface area contributed by atoms with Crippen LogP contribution in [0.25, 0.3) is 10.8 Å². The maximum Gasteiger partial charge on any atom is -0.00639 e. The standard InChI is InChI=1S/C20H24/c1-2-3-4-5-8-16-11-12-19-14-17-9-6-7-10-18(17)15-20(19)13-16/h6-7,9-11,14-15H,2-5,8,12-13H2,1H3. The Labute approximate surface area is 122 Å². The third-order valence-corrected chi connectivity index (χ3v) is 4.45. The van der Waals surface area contributed by atoms with E-state index in [1.807, 2.05) is 0 Å². The Bertz CT molecular complexity index is 619. The first kappa shape index (κ1) is 13.4. The van der Waals surface area contributed by atoms with E-state index in [1.165, 1.54) is 54.9 Å². The largest absolute Gasteiger partial charge is 0.0806 e. The van der Waals surface area contributed by atoms with Crippen molar-refractivity contribution >= 4 is 10.8 Å². The molecule has 0 heterocycles. The van der Waals surface area contributed by atoms with Crippen molar-refractivity contribution in [2.75, 3.05) is 0 Å². The van der Waals surface area contributed by atoms with Crippen LogP contribution in [0.15, 0.2) is 48.0 Å². The zero-order chi connectivity index (χ0) is 13.8. The van der Waals surface area contributed by atoms with Crippen LogP contribution < -0.4 is 0 Å². The molecule has 0 aromatic heterocycles. The van der Waals surface area contributed by atoms with E-state index in [1.54, 1.807) is 11.1 Å². The van der Waals surface area contributed by atoms with Crippen molar-refractivity contribution in [2.45, 2.75) is 51.9 Å². The Balaban J connectivity index is 1.72. The van der Waals surface area contributed by atoms with Gasteiger partial charge in [0.1, 0.15) is 0 Å². The summed E-state index contributed by atoms with van der Waals surface area (Å²) in [6.45, 7) is 2.28. The molecule has 0 radical (unpaired) electrons. The highest BCUT2D eigenvalue weighted by Gasteiger charge is 2.11. The molecule has 20 heavy (non-hydrogen) atoms. The molecule has 0 spiro atoms. The van der Waals surface area contributed by atoms with Crippen molar-refractivity contribution in [3.05, 3.63) is 59.2 Å². The van der Waals surface area contributed by atoms with Gasteiger partial charge in [0.25, 0.3) is 0 Å². The lowest BCUT2D eigenvalue weighted by atomic mass is 9.87. The summed E-state index contributed by atoms with van der Waals surface area (Å²) in [5.74, 6) is 0. The molecule has 0 unspecified atom stereocenters. The van der Waals surface area contributed by atoms with Gasteiger partial charge in [-0.15, -0.1) is 0 Å². The molecule has 0 saturated heterocycles. The summed E-state index contributed by atoms with van der Waals surface area (Å²) in [5.41, 5.74) is 4.74. The first-order valence-electron chi connectivity index (χ1n) is 8.05. The van der Waals surface area contributed by atoms with E-state index in [2.05, 4.69) is 49.4 Å². The van der Waals surface area contributed by atoms with Gasteiger partial charge >= 0.3 is 0 Å². The number of hydrogen-bond acceptors (Lipinski definition) is 0. The average molecular weight is 264 g/mol. The molecule has 0 saturated carbocycles. The molecule has 0 nitrogen and oxygen atoms in total. The van der Waals surface area contributed by atoms with Crippen molar-refractivity contribution < 1.29 is 0 Å². The molecule has 0 fully saturated rings. The van der Waals surface area contributed by atoms with E-state index in [4.69, 9.17) is 0 Å². The molecule has 2 aromatic rings. The summed E-state index contributed by atoms with van der Waals surface area (Å²) >= 11 is 0. The minimum atomic E-state index is 1.13. The number of rotatable bonds is 5. The SMILES string of the molecule is CCCCCCC1=CCc2cc3ccccc3cc2C1. The van der Waals surface area contributed by atoms with E-state index in [-0.39, 0.29) is 0 Å². The second kappa shape index (κ2) is 6.26. The van der Waals surface area contributed by atoms with E-state index in [0.717, 1.165) is 6.42 Å². The third kappa shape index (κ3) is 2.95. The predicted molar refractivity (Wildman–Crippen MR) is 88.2 cm³/mol. The van der Waals surface area contributed by atoms with Crippen LogP contribution in [0.1, 0.15) is 50.2 Å². The molecule has 0 N–H and O–H groups in total. The fourth-order valence-electron chi connectivity index (χ4n) is 3.23. The first-order valence-corrected chi connectivity index (χ1v) is 8.05. The van der Waals surface area contributed by atoms with Crippen LogP contribution in [-0.2, 0) is 12.8 Å². The minimum absolute atomic E-state index is 1.13. The van der Waals surface area contributed by atoms with Gasteiger partial charge in [-0.25, -0.2) is 0 Å². The van der Waals surface area contributed by atoms with Gasteiger partial charge in [-0.2, -0.15) is 0 Å². The maximum absolute atomic E-state index is 2.48. The van der Waals surface area contributed by atoms with E-state index in [0.29, 0.717) is 0 Å². The molecule has 0 amide bonds. The molecule has 0 aliphatic heterocycles. The van der Waals surface area contributed by atoms with Gasteiger partial charge in [-0.3, -0.25) is 0 Å². The normalized spacial score (nSPS) is 14.2. The second-order valence-corrected chi connectivity index (χ2v) is 6.02. The van der Waals surface area contributed by atoms with Crippen LogP contribution in [0.3, 0.4) is 0 Å². The van der Waals surface area contributed by atoms with Gasteiger partial charge in [-0.1, -0.05) is 74.2 Å². The monoisotopic (exact) mass is 264 g/mol. The summed E-state index contributed by atoms with van der Waals surface area (Å²) < 4.78 is 0. The van der Waals surface area contributed by atoms with Crippen molar-refractivity contribution in [1.29, 1.82) is 0 Å². The molecule has 2 aromatic carbocycles. The molecule has 104 valence electrons. The second-order valence-electron chi connectivity index (χ2n) is 6.02.